The van der Waals surface area contributed by atoms with Crippen LogP contribution in [0.15, 0.2) is 65.3 Å². The highest BCUT2D eigenvalue weighted by Crippen LogP contribution is 2.30. The highest BCUT2D eigenvalue weighted by molar-refractivity contribution is 5.74. The van der Waals surface area contributed by atoms with Crippen LogP contribution in [-0.4, -0.2) is 0 Å². The maximum absolute atomic E-state index is 5.39. The Labute approximate surface area is 93.9 Å². The average molecular weight is 209 g/mol. The number of rotatable bonds is 2. The van der Waals surface area contributed by atoms with E-state index in [0.717, 1.165) is 22.7 Å². The van der Waals surface area contributed by atoms with Gasteiger partial charge in [0.2, 0.25) is 0 Å². The molecule has 1 aliphatic heterocycles. The third kappa shape index (κ3) is 1.65. The van der Waals surface area contributed by atoms with Crippen LogP contribution in [-0.2, 0) is 0 Å². The van der Waals surface area contributed by atoms with E-state index in [1.54, 1.807) is 6.26 Å². The van der Waals surface area contributed by atoms with Crippen molar-refractivity contribution in [1.29, 1.82) is 0 Å². The van der Waals surface area contributed by atoms with Crippen molar-refractivity contribution in [1.82, 2.24) is 0 Å². The van der Waals surface area contributed by atoms with Crippen LogP contribution in [0.4, 0.5) is 11.4 Å². The molecule has 0 aromatic heterocycles. The van der Waals surface area contributed by atoms with Gasteiger partial charge in [0.25, 0.3) is 0 Å². The zero-order valence-electron chi connectivity index (χ0n) is 8.68. The quantitative estimate of drug-likeness (QED) is 0.686. The summed E-state index contributed by atoms with van der Waals surface area (Å²) in [6.07, 6.45) is 1.69. The first-order valence-corrected chi connectivity index (χ1v) is 5.21. The maximum atomic E-state index is 5.39. The highest BCUT2D eigenvalue weighted by Gasteiger charge is 2.07. The SMILES string of the molecule is c1ccc(Nc2cc3cccoc-3c2)cc1. The molecule has 0 bridgehead atoms. The van der Waals surface area contributed by atoms with Crippen molar-refractivity contribution in [2.75, 3.05) is 5.32 Å². The van der Waals surface area contributed by atoms with Crippen LogP contribution >= 0.6 is 0 Å². The molecule has 1 aromatic carbocycles. The first kappa shape index (κ1) is 9.04. The zero-order chi connectivity index (χ0) is 10.8. The van der Waals surface area contributed by atoms with Crippen molar-refractivity contribution in [2.45, 2.75) is 0 Å². The van der Waals surface area contributed by atoms with Gasteiger partial charge >= 0.3 is 0 Å². The minimum absolute atomic E-state index is 0.904. The van der Waals surface area contributed by atoms with Gasteiger partial charge in [-0.15, -0.1) is 0 Å². The molecular formula is C14H11NO. The number of benzene rings is 1. The Morgan fingerprint density at radius 1 is 0.812 bits per heavy atom. The van der Waals surface area contributed by atoms with Crippen LogP contribution in [0.5, 0.6) is 0 Å². The summed E-state index contributed by atoms with van der Waals surface area (Å²) in [6.45, 7) is 0. The number of anilines is 2. The average Bonchev–Trinajstić information content (AvgIpc) is 2.72. The Kier molecular flexibility index (Phi) is 2.11. The van der Waals surface area contributed by atoms with E-state index < -0.39 is 0 Å². The third-order valence-corrected chi connectivity index (χ3v) is 2.49. The summed E-state index contributed by atoms with van der Waals surface area (Å²) in [5.41, 5.74) is 3.25. The molecule has 0 atom stereocenters. The topological polar surface area (TPSA) is 25.2 Å². The van der Waals surface area contributed by atoms with Gasteiger partial charge in [0, 0.05) is 23.0 Å². The molecule has 0 amide bonds. The molecule has 1 aromatic rings. The van der Waals surface area contributed by atoms with Crippen LogP contribution in [0.25, 0.3) is 11.3 Å². The molecule has 0 saturated carbocycles. The van der Waals surface area contributed by atoms with Crippen LogP contribution < -0.4 is 5.32 Å². The molecule has 0 spiro atoms. The van der Waals surface area contributed by atoms with E-state index >= 15 is 0 Å². The predicted molar refractivity (Wildman–Crippen MR) is 65.1 cm³/mol. The van der Waals surface area contributed by atoms with E-state index in [2.05, 4.69) is 11.4 Å². The maximum Gasteiger partial charge on any atom is 0.135 e. The summed E-state index contributed by atoms with van der Waals surface area (Å²) in [6, 6.07) is 18.1. The number of hydrogen-bond acceptors (Lipinski definition) is 2. The predicted octanol–water partition coefficient (Wildman–Crippen LogP) is 4.13. The van der Waals surface area contributed by atoms with Crippen LogP contribution in [0.3, 0.4) is 0 Å². The fraction of sp³-hybridized carbons (Fsp3) is 0. The standard InChI is InChI=1S/C14H11NO/c1-2-6-12(7-3-1)15-13-9-11-5-4-8-16-14(11)10-13/h1-10,15H. The molecule has 3 rings (SSSR count). The molecule has 16 heavy (non-hydrogen) atoms. The molecule has 0 fully saturated rings. The van der Waals surface area contributed by atoms with Crippen molar-refractivity contribution in [3.05, 3.63) is 60.9 Å². The molecule has 1 aliphatic carbocycles. The van der Waals surface area contributed by atoms with Gasteiger partial charge in [-0.25, -0.2) is 0 Å². The first-order valence-electron chi connectivity index (χ1n) is 5.21. The molecule has 2 aliphatic rings. The fourth-order valence-corrected chi connectivity index (χ4v) is 1.75. The normalized spacial score (nSPS) is 10.5. The molecule has 1 N–H and O–H groups in total. The second-order valence-electron chi connectivity index (χ2n) is 3.67. The Hall–Kier alpha value is -2.22. The highest BCUT2D eigenvalue weighted by atomic mass is 16.3. The second-order valence-corrected chi connectivity index (χ2v) is 3.67. The monoisotopic (exact) mass is 209 g/mol. The zero-order valence-corrected chi connectivity index (χ0v) is 8.68. The first-order chi connectivity index (χ1) is 7.92. The van der Waals surface area contributed by atoms with Crippen LogP contribution in [0, 0.1) is 0 Å². The van der Waals surface area contributed by atoms with Crippen molar-refractivity contribution in [3.8, 4) is 11.3 Å². The van der Waals surface area contributed by atoms with Crippen LogP contribution in [0.2, 0.25) is 0 Å². The third-order valence-electron chi connectivity index (χ3n) is 2.49. The Morgan fingerprint density at radius 2 is 1.69 bits per heavy atom. The van der Waals surface area contributed by atoms with Crippen molar-refractivity contribution < 1.29 is 4.42 Å². The minimum atomic E-state index is 0.904. The Bertz CT molecular complexity index is 526. The Morgan fingerprint density at radius 3 is 2.50 bits per heavy atom. The number of fused-ring (bicyclic) bond motifs is 1. The van der Waals surface area contributed by atoms with Crippen molar-refractivity contribution in [2.24, 2.45) is 0 Å². The number of hydrogen-bond donors (Lipinski definition) is 1. The molecule has 1 heterocycles. The van der Waals surface area contributed by atoms with Gasteiger partial charge < -0.3 is 9.73 Å². The van der Waals surface area contributed by atoms with E-state index in [1.165, 1.54) is 0 Å². The van der Waals surface area contributed by atoms with E-state index in [1.807, 2.05) is 48.5 Å². The Balaban J connectivity index is 1.94. The van der Waals surface area contributed by atoms with Crippen molar-refractivity contribution >= 4 is 11.4 Å². The van der Waals surface area contributed by atoms with Gasteiger partial charge in [0.1, 0.15) is 5.76 Å². The molecule has 78 valence electrons. The van der Waals surface area contributed by atoms with E-state index in [4.69, 9.17) is 4.42 Å². The summed E-state index contributed by atoms with van der Waals surface area (Å²) in [5.74, 6) is 0.904. The van der Waals surface area contributed by atoms with Gasteiger partial charge in [-0.1, -0.05) is 18.2 Å². The summed E-state index contributed by atoms with van der Waals surface area (Å²) < 4.78 is 5.39. The number of para-hydroxylation sites is 1. The van der Waals surface area contributed by atoms with Gasteiger partial charge in [0.15, 0.2) is 0 Å². The van der Waals surface area contributed by atoms with Gasteiger partial charge in [-0.3, -0.25) is 0 Å². The summed E-state index contributed by atoms with van der Waals surface area (Å²) >= 11 is 0. The van der Waals surface area contributed by atoms with Gasteiger partial charge in [-0.2, -0.15) is 0 Å². The molecule has 0 saturated heterocycles. The van der Waals surface area contributed by atoms with E-state index in [9.17, 15) is 0 Å². The molecule has 2 heteroatoms. The summed E-state index contributed by atoms with van der Waals surface area (Å²) in [5, 5.41) is 3.33. The minimum Gasteiger partial charge on any atom is -0.464 e. The lowest BCUT2D eigenvalue weighted by atomic mass is 10.3. The second kappa shape index (κ2) is 3.74. The van der Waals surface area contributed by atoms with E-state index in [-0.39, 0.29) is 0 Å². The van der Waals surface area contributed by atoms with Crippen LogP contribution in [0.1, 0.15) is 0 Å². The lowest BCUT2D eigenvalue weighted by Crippen LogP contribution is -1.85. The lowest BCUT2D eigenvalue weighted by molar-refractivity contribution is 0.567. The van der Waals surface area contributed by atoms with Crippen molar-refractivity contribution in [3.63, 3.8) is 0 Å². The van der Waals surface area contributed by atoms with Gasteiger partial charge in [-0.05, 0) is 30.3 Å². The molecule has 2 nitrogen and oxygen atoms in total. The fourth-order valence-electron chi connectivity index (χ4n) is 1.75. The van der Waals surface area contributed by atoms with Gasteiger partial charge in [0.05, 0.1) is 6.26 Å². The summed E-state index contributed by atoms with van der Waals surface area (Å²) in [7, 11) is 0. The van der Waals surface area contributed by atoms with E-state index in [0.29, 0.717) is 0 Å². The number of nitrogens with one attached hydrogen (secondary N) is 1. The molecular weight excluding hydrogens is 198 g/mol. The lowest BCUT2D eigenvalue weighted by Gasteiger charge is -2.01. The molecule has 0 radical (unpaired) electrons. The summed E-state index contributed by atoms with van der Waals surface area (Å²) in [4.78, 5) is 0. The smallest absolute Gasteiger partial charge is 0.135 e. The largest absolute Gasteiger partial charge is 0.464 e. The molecule has 0 unspecified atom stereocenters.